The molecule has 0 radical (unpaired) electrons. The van der Waals surface area contributed by atoms with Crippen LogP contribution in [0.2, 0.25) is 0 Å². The van der Waals surface area contributed by atoms with Crippen LogP contribution in [0.4, 0.5) is 23.2 Å². The molecular formula is C38H40F4N2O. The van der Waals surface area contributed by atoms with E-state index in [1.54, 1.807) is 71.8 Å². The van der Waals surface area contributed by atoms with Crippen molar-refractivity contribution in [1.29, 1.82) is 0 Å². The van der Waals surface area contributed by atoms with Gasteiger partial charge >= 0.3 is 6.18 Å². The molecule has 0 bridgehead atoms. The molecule has 5 rings (SSSR count). The maximum atomic E-state index is 15.2. The molecule has 0 amide bonds. The summed E-state index contributed by atoms with van der Waals surface area (Å²) in [6, 6.07) is 13.6. The molecule has 2 aromatic rings. The molecule has 0 saturated carbocycles. The second kappa shape index (κ2) is 14.4. The Kier molecular flexibility index (Phi) is 10.3. The molecule has 2 saturated heterocycles. The average molecular weight is 617 g/mol. The summed E-state index contributed by atoms with van der Waals surface area (Å²) in [6.07, 6.45) is 7.86. The van der Waals surface area contributed by atoms with Crippen LogP contribution in [0.5, 0.6) is 0 Å². The number of hydrogen-bond donors (Lipinski definition) is 0. The predicted octanol–water partition coefficient (Wildman–Crippen LogP) is 10.2. The van der Waals surface area contributed by atoms with Crippen LogP contribution in [0.15, 0.2) is 109 Å². The van der Waals surface area contributed by atoms with Gasteiger partial charge in [0.2, 0.25) is 0 Å². The third-order valence-corrected chi connectivity index (χ3v) is 8.52. The maximum Gasteiger partial charge on any atom is 0.393 e. The largest absolute Gasteiger partial charge is 0.393 e. The number of piperidine rings is 1. The van der Waals surface area contributed by atoms with Gasteiger partial charge in [-0.1, -0.05) is 68.3 Å². The molecule has 2 fully saturated rings. The average Bonchev–Trinajstić information content (AvgIpc) is 3.28. The zero-order valence-corrected chi connectivity index (χ0v) is 25.8. The van der Waals surface area contributed by atoms with Gasteiger partial charge in [0.1, 0.15) is 12.1 Å². The summed E-state index contributed by atoms with van der Waals surface area (Å²) in [5.74, 6) is -0.150. The van der Waals surface area contributed by atoms with Gasteiger partial charge in [-0.25, -0.2) is 4.39 Å². The molecule has 236 valence electrons. The van der Waals surface area contributed by atoms with E-state index < -0.39 is 18.4 Å². The summed E-state index contributed by atoms with van der Waals surface area (Å²) >= 11 is 0. The zero-order valence-electron chi connectivity index (χ0n) is 25.8. The number of hydrogen-bond acceptors (Lipinski definition) is 3. The second-order valence-electron chi connectivity index (χ2n) is 11.9. The van der Waals surface area contributed by atoms with E-state index in [1.807, 2.05) is 12.2 Å². The lowest BCUT2D eigenvalue weighted by Crippen LogP contribution is -2.36. The summed E-state index contributed by atoms with van der Waals surface area (Å²) in [5.41, 5.74) is 6.84. The van der Waals surface area contributed by atoms with Crippen molar-refractivity contribution in [1.82, 2.24) is 4.90 Å². The van der Waals surface area contributed by atoms with Crippen LogP contribution in [0.25, 0.3) is 17.0 Å². The van der Waals surface area contributed by atoms with E-state index in [9.17, 15) is 13.2 Å². The van der Waals surface area contributed by atoms with Crippen molar-refractivity contribution in [3.05, 3.63) is 126 Å². The number of nitrogens with zero attached hydrogens (tertiary/aromatic N) is 2. The number of allylic oxidation sites excluding steroid dienone is 6. The van der Waals surface area contributed by atoms with Crippen LogP contribution >= 0.6 is 0 Å². The van der Waals surface area contributed by atoms with Crippen molar-refractivity contribution in [3.8, 4) is 0 Å². The Balaban J connectivity index is 1.66. The Labute approximate surface area is 263 Å². The fourth-order valence-corrected chi connectivity index (χ4v) is 6.40. The monoisotopic (exact) mass is 616 g/mol. The molecule has 45 heavy (non-hydrogen) atoms. The Hall–Kier alpha value is -4.06. The molecule has 2 heterocycles. The molecule has 0 spiro atoms. The van der Waals surface area contributed by atoms with Crippen LogP contribution in [0, 0.1) is 5.92 Å². The molecule has 7 heteroatoms. The fraction of sp³-hybridized carbons (Fsp3) is 0.342. The van der Waals surface area contributed by atoms with Crippen molar-refractivity contribution in [2.45, 2.75) is 57.9 Å². The minimum absolute atomic E-state index is 0.0989. The molecule has 2 aliphatic heterocycles. The molecule has 0 aromatic heterocycles. The summed E-state index contributed by atoms with van der Waals surface area (Å²) < 4.78 is 64.0. The van der Waals surface area contributed by atoms with Crippen LogP contribution in [0.1, 0.15) is 62.1 Å². The maximum absolute atomic E-state index is 15.2. The highest BCUT2D eigenvalue weighted by molar-refractivity contribution is 6.01. The number of halogens is 4. The molecular weight excluding hydrogens is 576 g/mol. The van der Waals surface area contributed by atoms with Gasteiger partial charge in [-0.15, -0.1) is 0 Å². The minimum Gasteiger partial charge on any atom is -0.365 e. The zero-order chi connectivity index (χ0) is 32.0. The van der Waals surface area contributed by atoms with Crippen LogP contribution in [0.3, 0.4) is 0 Å². The number of benzene rings is 2. The first-order valence-corrected chi connectivity index (χ1v) is 15.6. The Morgan fingerprint density at radius 1 is 1.07 bits per heavy atom. The highest BCUT2D eigenvalue weighted by Crippen LogP contribution is 2.42. The highest BCUT2D eigenvalue weighted by Gasteiger charge is 2.32. The summed E-state index contributed by atoms with van der Waals surface area (Å²) in [6.45, 7) is 12.1. The number of rotatable bonds is 9. The molecule has 2 aromatic carbocycles. The van der Waals surface area contributed by atoms with E-state index >= 15 is 4.39 Å². The Morgan fingerprint density at radius 2 is 1.87 bits per heavy atom. The molecule has 1 aliphatic carbocycles. The number of anilines is 1. The first kappa shape index (κ1) is 32.3. The van der Waals surface area contributed by atoms with E-state index in [1.165, 1.54) is 6.42 Å². The third kappa shape index (κ3) is 7.97. The predicted molar refractivity (Wildman–Crippen MR) is 176 cm³/mol. The van der Waals surface area contributed by atoms with Crippen LogP contribution < -0.4 is 4.90 Å². The van der Waals surface area contributed by atoms with Gasteiger partial charge in [-0.05, 0) is 102 Å². The van der Waals surface area contributed by atoms with Crippen LogP contribution in [-0.2, 0) is 4.74 Å². The SMILES string of the molecule is C=CN(c1ccc(/C(C2=CC=C=C(N3CCC[C@H](C)C3)C=C2)=C(\CC(F)(F)F)c2ccccc2)cc1C(=C)F)C1CCCCO1. The first-order chi connectivity index (χ1) is 21.6. The van der Waals surface area contributed by atoms with E-state index in [0.717, 1.165) is 44.5 Å². The molecule has 2 atom stereocenters. The Bertz CT molecular complexity index is 1550. The van der Waals surface area contributed by atoms with E-state index in [2.05, 4.69) is 30.7 Å². The van der Waals surface area contributed by atoms with Gasteiger partial charge in [0.15, 0.2) is 0 Å². The standard InChI is InChI=1S/C38H40F4N2O/c1-4-44(36-17-8-9-23-45-36)35-21-19-31(24-33(35)28(3)39)37(34(25-38(40,41)42)29-13-6-5-7-14-29)30-15-10-16-32(20-18-30)43-22-11-12-27(2)26-43/h4-7,10,13-15,18-21,24,27,36H,1,3,8-9,11-12,17,22-23,25-26H2,2H3/b37-34+/t27-,36?/m0/s1. The van der Waals surface area contributed by atoms with Crippen molar-refractivity contribution in [2.24, 2.45) is 5.92 Å². The van der Waals surface area contributed by atoms with Gasteiger partial charge in [0.25, 0.3) is 0 Å². The summed E-state index contributed by atoms with van der Waals surface area (Å²) in [7, 11) is 0. The normalized spacial score (nSPS) is 21.0. The van der Waals surface area contributed by atoms with Gasteiger partial charge in [0, 0.05) is 25.3 Å². The van der Waals surface area contributed by atoms with E-state index in [4.69, 9.17) is 4.74 Å². The topological polar surface area (TPSA) is 15.7 Å². The van der Waals surface area contributed by atoms with Crippen molar-refractivity contribution < 1.29 is 22.3 Å². The molecule has 0 N–H and O–H groups in total. The number of alkyl halides is 3. The number of ether oxygens (including phenoxy) is 1. The molecule has 1 unspecified atom stereocenters. The highest BCUT2D eigenvalue weighted by atomic mass is 19.4. The Morgan fingerprint density at radius 3 is 2.53 bits per heavy atom. The lowest BCUT2D eigenvalue weighted by molar-refractivity contribution is -0.122. The van der Waals surface area contributed by atoms with Gasteiger partial charge in [0.05, 0.1) is 17.8 Å². The fourth-order valence-electron chi connectivity index (χ4n) is 6.40. The third-order valence-electron chi connectivity index (χ3n) is 8.52. The van der Waals surface area contributed by atoms with Gasteiger partial charge < -0.3 is 14.5 Å². The first-order valence-electron chi connectivity index (χ1n) is 15.6. The summed E-state index contributed by atoms with van der Waals surface area (Å²) in [4.78, 5) is 4.05. The number of likely N-dealkylation sites (tertiary alicyclic amines) is 1. The smallest absolute Gasteiger partial charge is 0.365 e. The van der Waals surface area contributed by atoms with Gasteiger partial charge in [-0.2, -0.15) is 13.2 Å². The minimum atomic E-state index is -4.49. The lowest BCUT2D eigenvalue weighted by atomic mass is 9.86. The molecule has 3 aliphatic rings. The van der Waals surface area contributed by atoms with E-state index in [0.29, 0.717) is 40.5 Å². The van der Waals surface area contributed by atoms with Crippen molar-refractivity contribution >= 4 is 22.7 Å². The lowest BCUT2D eigenvalue weighted by Gasteiger charge is -2.34. The van der Waals surface area contributed by atoms with E-state index in [-0.39, 0.29) is 17.4 Å². The van der Waals surface area contributed by atoms with Gasteiger partial charge in [-0.3, -0.25) is 0 Å². The van der Waals surface area contributed by atoms with Crippen molar-refractivity contribution in [2.75, 3.05) is 24.6 Å². The van der Waals surface area contributed by atoms with Crippen LogP contribution in [-0.4, -0.2) is 37.0 Å². The quantitative estimate of drug-likeness (QED) is 0.158. The second-order valence-corrected chi connectivity index (χ2v) is 11.9. The summed E-state index contributed by atoms with van der Waals surface area (Å²) in [5, 5.41) is 0. The molecule has 3 nitrogen and oxygen atoms in total. The van der Waals surface area contributed by atoms with Crippen molar-refractivity contribution in [3.63, 3.8) is 0 Å².